The molecule has 182 valence electrons. The van der Waals surface area contributed by atoms with Crippen molar-refractivity contribution in [1.29, 1.82) is 0 Å². The molecule has 0 saturated carbocycles. The zero-order chi connectivity index (χ0) is 25.3. The van der Waals surface area contributed by atoms with Crippen LogP contribution < -0.4 is 28.4 Å². The number of allylic oxidation sites excluding steroid dienone is 4. The molecule has 1 N–H and O–H groups in total. The summed E-state index contributed by atoms with van der Waals surface area (Å²) in [5, 5.41) is 1.72. The number of hydrogen-bond donors (Lipinski definition) is 1. The Morgan fingerprint density at radius 1 is 0.735 bits per heavy atom. The van der Waals surface area contributed by atoms with Gasteiger partial charge in [-0.2, -0.15) is 3.84 Å². The Labute approximate surface area is 204 Å². The van der Waals surface area contributed by atoms with E-state index in [0.717, 1.165) is 28.1 Å². The van der Waals surface area contributed by atoms with Gasteiger partial charge in [0.1, 0.15) is 0 Å². The molecule has 34 heavy (non-hydrogen) atoms. The van der Waals surface area contributed by atoms with E-state index in [-0.39, 0.29) is 0 Å². The minimum atomic E-state index is -4.94. The van der Waals surface area contributed by atoms with Gasteiger partial charge in [-0.05, 0) is 41.5 Å². The lowest BCUT2D eigenvalue weighted by atomic mass is 10.1. The second kappa shape index (κ2) is 12.6. The van der Waals surface area contributed by atoms with Gasteiger partial charge < -0.3 is 9.80 Å². The average molecular weight is 507 g/mol. The molecule has 2 aromatic carbocycles. The van der Waals surface area contributed by atoms with Crippen LogP contribution in [0.15, 0.2) is 83.5 Å². The van der Waals surface area contributed by atoms with Crippen LogP contribution in [0.5, 0.6) is 0 Å². The molecule has 0 bridgehead atoms. The SMILES string of the molecule is CN(C)c1ccc(C=CC2=CS(O)=[O+]C(C=Cc3ccc(N(C)C)cc3)=C2)cc1.[O-][Cl+3]([O-])([O-])[O-]. The van der Waals surface area contributed by atoms with Crippen LogP contribution in [-0.2, 0) is 14.9 Å². The van der Waals surface area contributed by atoms with Crippen LogP contribution in [0.3, 0.4) is 0 Å². The van der Waals surface area contributed by atoms with Crippen LogP contribution in [0.1, 0.15) is 11.1 Å². The van der Waals surface area contributed by atoms with Gasteiger partial charge in [-0.25, -0.2) is 18.6 Å². The molecule has 1 aliphatic rings. The van der Waals surface area contributed by atoms with Gasteiger partial charge in [0.2, 0.25) is 0 Å². The Balaban J connectivity index is 0.000000739. The Morgan fingerprint density at radius 2 is 1.15 bits per heavy atom. The van der Waals surface area contributed by atoms with E-state index in [1.807, 2.05) is 58.6 Å². The average Bonchev–Trinajstić information content (AvgIpc) is 2.75. The third-order valence-corrected chi connectivity index (χ3v) is 5.29. The Bertz CT molecular complexity index is 1030. The maximum Gasteiger partial charge on any atom is 0.369 e. The lowest BCUT2D eigenvalue weighted by molar-refractivity contribution is -2.00. The van der Waals surface area contributed by atoms with Crippen LogP contribution >= 0.6 is 0 Å². The van der Waals surface area contributed by atoms with E-state index in [1.54, 1.807) is 5.41 Å². The predicted octanol–water partition coefficient (Wildman–Crippen LogP) is 0.543. The van der Waals surface area contributed by atoms with Gasteiger partial charge in [0.25, 0.3) is 0 Å². The molecule has 1 aliphatic heterocycles. The number of halogens is 1. The molecule has 0 aliphatic carbocycles. The highest BCUT2D eigenvalue weighted by Gasteiger charge is 2.15. The van der Waals surface area contributed by atoms with Crippen LogP contribution in [0.2, 0.25) is 0 Å². The van der Waals surface area contributed by atoms with Crippen molar-refractivity contribution >= 4 is 34.6 Å². The fourth-order valence-corrected chi connectivity index (χ4v) is 3.49. The molecule has 2 aromatic rings. The van der Waals surface area contributed by atoms with E-state index in [2.05, 4.69) is 58.3 Å². The van der Waals surface area contributed by atoms with Crippen LogP contribution in [0.4, 0.5) is 11.4 Å². The van der Waals surface area contributed by atoms with Crippen molar-refractivity contribution in [3.8, 4) is 0 Å². The summed E-state index contributed by atoms with van der Waals surface area (Å²) in [6.45, 7) is 0. The minimum absolute atomic E-state index is 0.637. The minimum Gasteiger partial charge on any atom is -0.378 e. The van der Waals surface area contributed by atoms with Crippen molar-refractivity contribution in [2.75, 3.05) is 38.0 Å². The summed E-state index contributed by atoms with van der Waals surface area (Å²) < 4.78 is 49.5. The molecule has 1 unspecified atom stereocenters. The molecule has 0 aromatic heterocycles. The Kier molecular flexibility index (Phi) is 10.2. The third-order valence-electron chi connectivity index (χ3n) is 4.45. The van der Waals surface area contributed by atoms with Crippen molar-refractivity contribution < 1.29 is 37.3 Å². The normalized spacial score (nSPS) is 15.9. The van der Waals surface area contributed by atoms with Crippen molar-refractivity contribution in [2.24, 2.45) is 0 Å². The fraction of sp³-hybridized carbons (Fsp3) is 0.167. The van der Waals surface area contributed by atoms with Crippen molar-refractivity contribution in [3.05, 3.63) is 94.6 Å². The van der Waals surface area contributed by atoms with Gasteiger partial charge in [-0.15, -0.1) is 10.2 Å². The summed E-state index contributed by atoms with van der Waals surface area (Å²) >= 11 is -1.23. The van der Waals surface area contributed by atoms with Crippen LogP contribution in [0, 0.1) is 10.2 Å². The van der Waals surface area contributed by atoms with Gasteiger partial charge in [0, 0.05) is 51.2 Å². The first kappa shape index (κ1) is 27.5. The maximum absolute atomic E-state index is 10.0. The molecule has 0 saturated heterocycles. The molecule has 0 radical (unpaired) electrons. The van der Waals surface area contributed by atoms with E-state index >= 15 is 0 Å². The zero-order valence-electron chi connectivity index (χ0n) is 19.3. The molecule has 8 nitrogen and oxygen atoms in total. The summed E-state index contributed by atoms with van der Waals surface area (Å²) in [7, 11) is 3.14. The third kappa shape index (κ3) is 10.4. The molecular weight excluding hydrogens is 480 g/mol. The fourth-order valence-electron chi connectivity index (χ4n) is 2.76. The molecule has 3 rings (SSSR count). The topological polar surface area (TPSA) is 130 Å². The van der Waals surface area contributed by atoms with Gasteiger partial charge in [-0.3, -0.25) is 4.55 Å². The zero-order valence-corrected chi connectivity index (χ0v) is 20.8. The van der Waals surface area contributed by atoms with Crippen LogP contribution in [0.25, 0.3) is 12.2 Å². The number of nitrogens with zero attached hydrogens (tertiary/aromatic N) is 2. The summed E-state index contributed by atoms with van der Waals surface area (Å²) in [5.41, 5.74) is 5.41. The molecule has 1 heterocycles. The number of hydrogen-bond acceptors (Lipinski definition) is 6. The first-order valence-corrected chi connectivity index (χ1v) is 12.4. The van der Waals surface area contributed by atoms with E-state index in [1.165, 1.54) is 0 Å². The van der Waals surface area contributed by atoms with E-state index in [9.17, 15) is 4.55 Å². The van der Waals surface area contributed by atoms with E-state index in [0.29, 0.717) is 5.76 Å². The monoisotopic (exact) mass is 506 g/mol. The molecule has 0 fully saturated rings. The van der Waals surface area contributed by atoms with Crippen molar-refractivity contribution in [3.63, 3.8) is 0 Å². The second-order valence-corrected chi connectivity index (χ2v) is 9.25. The maximum atomic E-state index is 10.0. The van der Waals surface area contributed by atoms with E-state index in [4.69, 9.17) is 22.5 Å². The largest absolute Gasteiger partial charge is 0.378 e. The Morgan fingerprint density at radius 3 is 1.56 bits per heavy atom. The summed E-state index contributed by atoms with van der Waals surface area (Å²) in [6.07, 6.45) is 9.81. The highest BCUT2D eigenvalue weighted by molar-refractivity contribution is 7.82. The highest BCUT2D eigenvalue weighted by atomic mass is 35.7. The quantitative estimate of drug-likeness (QED) is 0.447. The predicted molar refractivity (Wildman–Crippen MR) is 126 cm³/mol. The highest BCUT2D eigenvalue weighted by Crippen LogP contribution is 2.18. The number of anilines is 2. The summed E-state index contributed by atoms with van der Waals surface area (Å²) in [5.74, 6) is 0.637. The van der Waals surface area contributed by atoms with E-state index < -0.39 is 21.3 Å². The summed E-state index contributed by atoms with van der Waals surface area (Å²) in [6, 6.07) is 16.6. The molecule has 0 amide bonds. The number of rotatable bonds is 6. The standard InChI is InChI=1S/C24H27N2O2S.ClHO4/c1-25(2)22-12-7-19(8-13-22)5-6-21-17-24(28-29(27)18-21)16-11-20-9-14-23(15-10-20)26(3)4;2-1(3,4)5/h5-18,27H,1-4H3;(H,2,3,4,5)/q+1;/p-1. The smallest absolute Gasteiger partial charge is 0.369 e. The lowest BCUT2D eigenvalue weighted by Gasteiger charge is -2.17. The number of benzene rings is 2. The van der Waals surface area contributed by atoms with Crippen LogP contribution in [-0.4, -0.2) is 32.7 Å². The van der Waals surface area contributed by atoms with Crippen molar-refractivity contribution in [2.45, 2.75) is 0 Å². The van der Waals surface area contributed by atoms with Gasteiger partial charge >= 0.3 is 16.8 Å². The molecular formula is C24H27ClN2O6S. The lowest BCUT2D eigenvalue weighted by Crippen LogP contribution is -2.68. The van der Waals surface area contributed by atoms with Crippen molar-refractivity contribution in [1.82, 2.24) is 0 Å². The van der Waals surface area contributed by atoms with Gasteiger partial charge in [-0.1, -0.05) is 36.4 Å². The molecule has 10 heteroatoms. The van der Waals surface area contributed by atoms with Gasteiger partial charge in [0.15, 0.2) is 0 Å². The summed E-state index contributed by atoms with van der Waals surface area (Å²) in [4.78, 5) is 4.14. The first-order chi connectivity index (χ1) is 15.9. The van der Waals surface area contributed by atoms with Gasteiger partial charge in [0.05, 0.1) is 11.5 Å². The molecule has 0 spiro atoms. The second-order valence-electron chi connectivity index (χ2n) is 7.54. The molecule has 1 atom stereocenters. The first-order valence-electron chi connectivity index (χ1n) is 9.97. The Hall–Kier alpha value is -2.76.